The zero-order valence-corrected chi connectivity index (χ0v) is 14.2. The van der Waals surface area contributed by atoms with E-state index in [0.29, 0.717) is 27.8 Å². The van der Waals surface area contributed by atoms with Crippen LogP contribution in [0.2, 0.25) is 5.02 Å². The molecule has 0 bridgehead atoms. The van der Waals surface area contributed by atoms with Gasteiger partial charge < -0.3 is 19.2 Å². The normalized spacial score (nSPS) is 10.4. The van der Waals surface area contributed by atoms with Crippen molar-refractivity contribution < 1.29 is 18.7 Å². The van der Waals surface area contributed by atoms with E-state index in [1.807, 2.05) is 0 Å². The van der Waals surface area contributed by atoms with E-state index in [9.17, 15) is 4.79 Å². The second kappa shape index (κ2) is 7.23. The van der Waals surface area contributed by atoms with Gasteiger partial charge in [-0.15, -0.1) is 10.2 Å². The number of nitrogens with one attached hydrogen (secondary N) is 1. The number of carbonyl (C=O) groups is 1. The standard InChI is InChI=1S/C17H14ClN3O4/c1-23-12-7-8-14(24-2)13(9-12)19-15(22)17-21-20-16(25-17)10-3-5-11(18)6-4-10/h3-9H,1-2H3,(H,19,22). The van der Waals surface area contributed by atoms with E-state index in [-0.39, 0.29) is 11.8 Å². The maximum absolute atomic E-state index is 12.4. The van der Waals surface area contributed by atoms with Gasteiger partial charge in [-0.2, -0.15) is 0 Å². The van der Waals surface area contributed by atoms with Gasteiger partial charge in [-0.1, -0.05) is 11.6 Å². The van der Waals surface area contributed by atoms with Crippen molar-refractivity contribution in [2.24, 2.45) is 0 Å². The quantitative estimate of drug-likeness (QED) is 0.748. The van der Waals surface area contributed by atoms with E-state index in [2.05, 4.69) is 15.5 Å². The van der Waals surface area contributed by atoms with Crippen LogP contribution in [0.25, 0.3) is 11.5 Å². The van der Waals surface area contributed by atoms with E-state index in [1.165, 1.54) is 14.2 Å². The van der Waals surface area contributed by atoms with Crippen molar-refractivity contribution in [3.05, 3.63) is 53.4 Å². The van der Waals surface area contributed by atoms with E-state index < -0.39 is 5.91 Å². The fraction of sp³-hybridized carbons (Fsp3) is 0.118. The number of amides is 1. The van der Waals surface area contributed by atoms with Crippen LogP contribution in [0.4, 0.5) is 5.69 Å². The molecule has 0 aliphatic carbocycles. The number of methoxy groups -OCH3 is 2. The van der Waals surface area contributed by atoms with Crippen LogP contribution in [-0.2, 0) is 0 Å². The van der Waals surface area contributed by atoms with Crippen LogP contribution in [0.3, 0.4) is 0 Å². The predicted molar refractivity (Wildman–Crippen MR) is 92.2 cm³/mol. The molecular weight excluding hydrogens is 346 g/mol. The first-order chi connectivity index (χ1) is 12.1. The summed E-state index contributed by atoms with van der Waals surface area (Å²) in [6.45, 7) is 0. The maximum Gasteiger partial charge on any atom is 0.313 e. The molecule has 3 rings (SSSR count). The Kier molecular flexibility index (Phi) is 4.85. The van der Waals surface area contributed by atoms with Gasteiger partial charge in [-0.25, -0.2) is 0 Å². The Morgan fingerprint density at radius 3 is 2.52 bits per heavy atom. The number of carbonyl (C=O) groups excluding carboxylic acids is 1. The summed E-state index contributed by atoms with van der Waals surface area (Å²) in [4.78, 5) is 12.4. The van der Waals surface area contributed by atoms with E-state index in [4.69, 9.17) is 25.5 Å². The van der Waals surface area contributed by atoms with Gasteiger partial charge >= 0.3 is 11.8 Å². The summed E-state index contributed by atoms with van der Waals surface area (Å²) in [5, 5.41) is 10.9. The molecule has 1 amide bonds. The number of ether oxygens (including phenoxy) is 2. The number of rotatable bonds is 5. The first-order valence-electron chi connectivity index (χ1n) is 7.23. The largest absolute Gasteiger partial charge is 0.497 e. The lowest BCUT2D eigenvalue weighted by Gasteiger charge is -2.10. The molecule has 1 N–H and O–H groups in total. The highest BCUT2D eigenvalue weighted by Crippen LogP contribution is 2.29. The lowest BCUT2D eigenvalue weighted by atomic mass is 10.2. The molecule has 1 aromatic heterocycles. The Labute approximate surface area is 148 Å². The van der Waals surface area contributed by atoms with Crippen LogP contribution in [0.15, 0.2) is 46.9 Å². The first kappa shape index (κ1) is 16.8. The summed E-state index contributed by atoms with van der Waals surface area (Å²) in [5.41, 5.74) is 1.09. The van der Waals surface area contributed by atoms with Crippen molar-refractivity contribution >= 4 is 23.2 Å². The number of anilines is 1. The third-order valence-electron chi connectivity index (χ3n) is 3.37. The molecule has 0 saturated heterocycles. The number of hydrogen-bond donors (Lipinski definition) is 1. The molecule has 0 fully saturated rings. The van der Waals surface area contributed by atoms with Crippen LogP contribution < -0.4 is 14.8 Å². The molecule has 2 aromatic carbocycles. The highest BCUT2D eigenvalue weighted by molar-refractivity contribution is 6.30. The van der Waals surface area contributed by atoms with Gasteiger partial charge in [0.1, 0.15) is 11.5 Å². The summed E-state index contributed by atoms with van der Waals surface area (Å²) in [6.07, 6.45) is 0. The molecule has 0 saturated carbocycles. The van der Waals surface area contributed by atoms with Gasteiger partial charge in [0.05, 0.1) is 19.9 Å². The number of hydrogen-bond acceptors (Lipinski definition) is 6. The smallest absolute Gasteiger partial charge is 0.313 e. The molecule has 0 aliphatic heterocycles. The Morgan fingerprint density at radius 1 is 1.08 bits per heavy atom. The number of benzene rings is 2. The highest BCUT2D eigenvalue weighted by atomic mass is 35.5. The monoisotopic (exact) mass is 359 g/mol. The summed E-state index contributed by atoms with van der Waals surface area (Å²) in [7, 11) is 3.03. The third-order valence-corrected chi connectivity index (χ3v) is 3.62. The number of nitrogens with zero attached hydrogens (tertiary/aromatic N) is 2. The minimum atomic E-state index is -0.556. The average molecular weight is 360 g/mol. The van der Waals surface area contributed by atoms with Crippen molar-refractivity contribution in [3.63, 3.8) is 0 Å². The summed E-state index contributed by atoms with van der Waals surface area (Å²) in [5.74, 6) is 0.545. The molecule has 0 spiro atoms. The Hall–Kier alpha value is -3.06. The van der Waals surface area contributed by atoms with Crippen LogP contribution in [0, 0.1) is 0 Å². The van der Waals surface area contributed by atoms with Crippen molar-refractivity contribution in [2.75, 3.05) is 19.5 Å². The molecule has 0 aliphatic rings. The van der Waals surface area contributed by atoms with Crippen LogP contribution in [-0.4, -0.2) is 30.3 Å². The SMILES string of the molecule is COc1ccc(OC)c(NC(=O)c2nnc(-c3ccc(Cl)cc3)o2)c1. The molecular formula is C17H14ClN3O4. The molecule has 0 unspecified atom stereocenters. The number of aromatic nitrogens is 2. The summed E-state index contributed by atoms with van der Waals surface area (Å²) in [6, 6.07) is 11.9. The molecule has 128 valence electrons. The van der Waals surface area contributed by atoms with Gasteiger partial charge in [0.15, 0.2) is 0 Å². The average Bonchev–Trinajstić information content (AvgIpc) is 3.12. The molecule has 1 heterocycles. The topological polar surface area (TPSA) is 86.5 Å². The summed E-state index contributed by atoms with van der Waals surface area (Å²) < 4.78 is 15.8. The zero-order chi connectivity index (χ0) is 17.8. The van der Waals surface area contributed by atoms with E-state index in [1.54, 1.807) is 42.5 Å². The van der Waals surface area contributed by atoms with E-state index in [0.717, 1.165) is 0 Å². The minimum absolute atomic E-state index is 0.171. The van der Waals surface area contributed by atoms with Gasteiger partial charge in [-0.05, 0) is 36.4 Å². The zero-order valence-electron chi connectivity index (χ0n) is 13.4. The molecule has 0 radical (unpaired) electrons. The molecule has 0 atom stereocenters. The molecule has 7 nitrogen and oxygen atoms in total. The van der Waals surface area contributed by atoms with Crippen LogP contribution >= 0.6 is 11.6 Å². The third kappa shape index (κ3) is 3.72. The van der Waals surface area contributed by atoms with Crippen LogP contribution in [0.5, 0.6) is 11.5 Å². The molecule has 3 aromatic rings. The first-order valence-corrected chi connectivity index (χ1v) is 7.61. The highest BCUT2D eigenvalue weighted by Gasteiger charge is 2.18. The van der Waals surface area contributed by atoms with Crippen molar-refractivity contribution in [1.82, 2.24) is 10.2 Å². The van der Waals surface area contributed by atoms with Gasteiger partial charge in [0.25, 0.3) is 0 Å². The van der Waals surface area contributed by atoms with Crippen molar-refractivity contribution in [2.45, 2.75) is 0 Å². The molecule has 25 heavy (non-hydrogen) atoms. The van der Waals surface area contributed by atoms with Gasteiger partial charge in [0, 0.05) is 16.7 Å². The van der Waals surface area contributed by atoms with Gasteiger partial charge in [0.2, 0.25) is 5.89 Å². The summed E-state index contributed by atoms with van der Waals surface area (Å²) >= 11 is 5.85. The Morgan fingerprint density at radius 2 is 1.84 bits per heavy atom. The Bertz CT molecular complexity index is 893. The minimum Gasteiger partial charge on any atom is -0.497 e. The molecule has 8 heteroatoms. The van der Waals surface area contributed by atoms with Crippen molar-refractivity contribution in [1.29, 1.82) is 0 Å². The lowest BCUT2D eigenvalue weighted by Crippen LogP contribution is -2.13. The second-order valence-electron chi connectivity index (χ2n) is 4.94. The number of halogens is 1. The predicted octanol–water partition coefficient (Wildman–Crippen LogP) is 3.66. The van der Waals surface area contributed by atoms with Crippen molar-refractivity contribution in [3.8, 4) is 23.0 Å². The van der Waals surface area contributed by atoms with E-state index >= 15 is 0 Å². The van der Waals surface area contributed by atoms with Crippen LogP contribution in [0.1, 0.15) is 10.7 Å². The fourth-order valence-electron chi connectivity index (χ4n) is 2.11. The lowest BCUT2D eigenvalue weighted by molar-refractivity contribution is 0.0990. The second-order valence-corrected chi connectivity index (χ2v) is 5.38. The fourth-order valence-corrected chi connectivity index (χ4v) is 2.24. The maximum atomic E-state index is 12.4. The van der Waals surface area contributed by atoms with Gasteiger partial charge in [-0.3, -0.25) is 4.79 Å². The Balaban J connectivity index is 1.81.